The summed E-state index contributed by atoms with van der Waals surface area (Å²) in [6.45, 7) is 9.66. The molecule has 6 nitrogen and oxygen atoms in total. The molecule has 0 aromatic carbocycles. The fourth-order valence-corrected chi connectivity index (χ4v) is 4.24. The first-order valence-electron chi connectivity index (χ1n) is 8.40. The zero-order valence-corrected chi connectivity index (χ0v) is 15.4. The highest BCUT2D eigenvalue weighted by atomic mass is 32.1. The molecule has 2 aromatic rings. The number of piperazine rings is 1. The SMILES string of the molecule is Cc1sc2nc(CCC(=O)N3CCNC(C)C3C)[nH]c(=O)c2c1C. The third-order valence-electron chi connectivity index (χ3n) is 5.02. The van der Waals surface area contributed by atoms with Gasteiger partial charge in [0.25, 0.3) is 5.56 Å². The number of aryl methyl sites for hydroxylation is 3. The molecule has 0 bridgehead atoms. The highest BCUT2D eigenvalue weighted by molar-refractivity contribution is 7.18. The van der Waals surface area contributed by atoms with Crippen molar-refractivity contribution in [3.05, 3.63) is 26.6 Å². The highest BCUT2D eigenvalue weighted by Gasteiger charge is 2.27. The molecule has 1 aliphatic rings. The van der Waals surface area contributed by atoms with Gasteiger partial charge in [0.15, 0.2) is 0 Å². The van der Waals surface area contributed by atoms with Crippen LogP contribution in [0.2, 0.25) is 0 Å². The number of amides is 1. The minimum absolute atomic E-state index is 0.103. The molecule has 0 aliphatic carbocycles. The van der Waals surface area contributed by atoms with E-state index < -0.39 is 0 Å². The Bertz CT molecular complexity index is 826. The van der Waals surface area contributed by atoms with Crippen molar-refractivity contribution in [1.29, 1.82) is 0 Å². The number of fused-ring (bicyclic) bond motifs is 1. The van der Waals surface area contributed by atoms with E-state index in [9.17, 15) is 9.59 Å². The van der Waals surface area contributed by atoms with Gasteiger partial charge in [-0.1, -0.05) is 0 Å². The van der Waals surface area contributed by atoms with Gasteiger partial charge in [-0.2, -0.15) is 0 Å². The van der Waals surface area contributed by atoms with Gasteiger partial charge in [-0.25, -0.2) is 4.98 Å². The lowest BCUT2D eigenvalue weighted by Gasteiger charge is -2.38. The van der Waals surface area contributed by atoms with Crippen LogP contribution in [0.4, 0.5) is 0 Å². The first kappa shape index (κ1) is 17.1. The summed E-state index contributed by atoms with van der Waals surface area (Å²) in [7, 11) is 0. The molecule has 24 heavy (non-hydrogen) atoms. The second kappa shape index (κ2) is 6.64. The molecule has 0 spiro atoms. The van der Waals surface area contributed by atoms with Gasteiger partial charge < -0.3 is 15.2 Å². The molecular weight excluding hydrogens is 324 g/mol. The lowest BCUT2D eigenvalue weighted by Crippen LogP contribution is -2.57. The molecule has 1 amide bonds. The number of thiophene rings is 1. The zero-order chi connectivity index (χ0) is 17.4. The van der Waals surface area contributed by atoms with Crippen molar-refractivity contribution >= 4 is 27.5 Å². The monoisotopic (exact) mass is 348 g/mol. The van der Waals surface area contributed by atoms with Crippen LogP contribution in [0, 0.1) is 13.8 Å². The summed E-state index contributed by atoms with van der Waals surface area (Å²) in [4.78, 5) is 36.0. The van der Waals surface area contributed by atoms with Crippen LogP contribution >= 0.6 is 11.3 Å². The van der Waals surface area contributed by atoms with E-state index in [2.05, 4.69) is 29.1 Å². The summed E-state index contributed by atoms with van der Waals surface area (Å²) in [6, 6.07) is 0.484. The minimum atomic E-state index is -0.103. The van der Waals surface area contributed by atoms with Crippen LogP contribution in [0.5, 0.6) is 0 Å². The number of rotatable bonds is 3. The Balaban J connectivity index is 1.74. The largest absolute Gasteiger partial charge is 0.337 e. The van der Waals surface area contributed by atoms with Crippen LogP contribution in [0.3, 0.4) is 0 Å². The number of nitrogens with one attached hydrogen (secondary N) is 2. The standard InChI is InChI=1S/C17H24N4O2S/c1-9-12(4)24-17-15(9)16(23)19-13(20-17)5-6-14(22)21-8-7-18-10(2)11(21)3/h10-11,18H,5-8H2,1-4H3,(H,19,20,23). The van der Waals surface area contributed by atoms with Crippen LogP contribution in [0.25, 0.3) is 10.2 Å². The predicted molar refractivity (Wildman–Crippen MR) is 96.7 cm³/mol. The molecule has 3 heterocycles. The number of aromatic nitrogens is 2. The summed E-state index contributed by atoms with van der Waals surface area (Å²) < 4.78 is 0. The molecule has 2 unspecified atom stereocenters. The van der Waals surface area contributed by atoms with Gasteiger partial charge in [0.1, 0.15) is 10.7 Å². The number of nitrogens with zero attached hydrogens (tertiary/aromatic N) is 2. The van der Waals surface area contributed by atoms with E-state index in [-0.39, 0.29) is 17.5 Å². The molecule has 1 aliphatic heterocycles. The Morgan fingerprint density at radius 1 is 1.38 bits per heavy atom. The van der Waals surface area contributed by atoms with Crippen LogP contribution in [-0.2, 0) is 11.2 Å². The predicted octanol–water partition coefficient (Wildman–Crippen LogP) is 1.74. The van der Waals surface area contributed by atoms with E-state index in [1.165, 1.54) is 11.3 Å². The van der Waals surface area contributed by atoms with Crippen molar-refractivity contribution in [2.45, 2.75) is 52.6 Å². The molecular formula is C17H24N4O2S. The molecule has 3 rings (SSSR count). The van der Waals surface area contributed by atoms with Crippen LogP contribution in [-0.4, -0.2) is 45.9 Å². The van der Waals surface area contributed by atoms with Crippen LogP contribution in [0.15, 0.2) is 4.79 Å². The van der Waals surface area contributed by atoms with E-state index in [1.807, 2.05) is 18.7 Å². The normalized spacial score (nSPS) is 21.4. The first-order chi connectivity index (χ1) is 11.4. The lowest BCUT2D eigenvalue weighted by atomic mass is 10.1. The average Bonchev–Trinajstić information content (AvgIpc) is 2.82. The number of hydrogen-bond acceptors (Lipinski definition) is 5. The molecule has 7 heteroatoms. The van der Waals surface area contributed by atoms with Gasteiger partial charge in [0, 0.05) is 42.9 Å². The number of carbonyl (C=O) groups excluding carboxylic acids is 1. The Kier molecular flexibility index (Phi) is 4.73. The molecule has 2 atom stereocenters. The maximum absolute atomic E-state index is 12.5. The Labute approximate surface area is 145 Å². The smallest absolute Gasteiger partial charge is 0.259 e. The third-order valence-corrected chi connectivity index (χ3v) is 6.12. The molecule has 1 saturated heterocycles. The summed E-state index contributed by atoms with van der Waals surface area (Å²) in [5.74, 6) is 0.718. The van der Waals surface area contributed by atoms with Gasteiger partial charge in [-0.05, 0) is 33.3 Å². The maximum Gasteiger partial charge on any atom is 0.259 e. The maximum atomic E-state index is 12.5. The van der Waals surface area contributed by atoms with E-state index >= 15 is 0 Å². The van der Waals surface area contributed by atoms with E-state index in [0.717, 1.165) is 28.4 Å². The van der Waals surface area contributed by atoms with Crippen LogP contribution in [0.1, 0.15) is 36.5 Å². The second-order valence-electron chi connectivity index (χ2n) is 6.55. The molecule has 1 fully saturated rings. The third kappa shape index (κ3) is 3.10. The topological polar surface area (TPSA) is 78.1 Å². The molecule has 0 radical (unpaired) electrons. The number of aromatic amines is 1. The minimum Gasteiger partial charge on any atom is -0.337 e. The molecule has 2 N–H and O–H groups in total. The van der Waals surface area contributed by atoms with E-state index in [4.69, 9.17) is 0 Å². The second-order valence-corrected chi connectivity index (χ2v) is 7.75. The lowest BCUT2D eigenvalue weighted by molar-refractivity contribution is -0.134. The van der Waals surface area contributed by atoms with Crippen LogP contribution < -0.4 is 10.9 Å². The highest BCUT2D eigenvalue weighted by Crippen LogP contribution is 2.25. The molecule has 2 aromatic heterocycles. The number of H-pyrrole nitrogens is 1. The summed E-state index contributed by atoms with van der Waals surface area (Å²) >= 11 is 1.54. The van der Waals surface area contributed by atoms with Gasteiger partial charge in [-0.3, -0.25) is 9.59 Å². The van der Waals surface area contributed by atoms with Gasteiger partial charge in [0.05, 0.1) is 5.39 Å². The fourth-order valence-electron chi connectivity index (χ4n) is 3.20. The van der Waals surface area contributed by atoms with Gasteiger partial charge in [-0.15, -0.1) is 11.3 Å². The van der Waals surface area contributed by atoms with Crippen molar-refractivity contribution in [3.63, 3.8) is 0 Å². The summed E-state index contributed by atoms with van der Waals surface area (Å²) in [5.41, 5.74) is 0.892. The summed E-state index contributed by atoms with van der Waals surface area (Å²) in [5, 5.41) is 4.05. The Morgan fingerprint density at radius 3 is 2.88 bits per heavy atom. The zero-order valence-electron chi connectivity index (χ0n) is 14.6. The first-order valence-corrected chi connectivity index (χ1v) is 9.22. The number of hydrogen-bond donors (Lipinski definition) is 2. The average molecular weight is 348 g/mol. The van der Waals surface area contributed by atoms with Crippen molar-refractivity contribution in [1.82, 2.24) is 20.2 Å². The van der Waals surface area contributed by atoms with Gasteiger partial charge in [0.2, 0.25) is 5.91 Å². The quantitative estimate of drug-likeness (QED) is 0.886. The number of carbonyl (C=O) groups is 1. The Morgan fingerprint density at radius 2 is 2.12 bits per heavy atom. The van der Waals surface area contributed by atoms with Crippen molar-refractivity contribution < 1.29 is 4.79 Å². The van der Waals surface area contributed by atoms with E-state index in [0.29, 0.717) is 30.1 Å². The van der Waals surface area contributed by atoms with Crippen molar-refractivity contribution in [2.24, 2.45) is 0 Å². The Hall–Kier alpha value is -1.73. The van der Waals surface area contributed by atoms with Crippen molar-refractivity contribution in [2.75, 3.05) is 13.1 Å². The van der Waals surface area contributed by atoms with Crippen molar-refractivity contribution in [3.8, 4) is 0 Å². The fraction of sp³-hybridized carbons (Fsp3) is 0.588. The summed E-state index contributed by atoms with van der Waals surface area (Å²) in [6.07, 6.45) is 0.833. The van der Waals surface area contributed by atoms with Gasteiger partial charge >= 0.3 is 0 Å². The van der Waals surface area contributed by atoms with E-state index in [1.54, 1.807) is 0 Å². The molecule has 0 saturated carbocycles. The molecule has 130 valence electrons.